The van der Waals surface area contributed by atoms with E-state index in [4.69, 9.17) is 5.73 Å². The lowest BCUT2D eigenvalue weighted by Gasteiger charge is -2.15. The van der Waals surface area contributed by atoms with Crippen molar-refractivity contribution in [1.29, 1.82) is 0 Å². The average molecular weight is 219 g/mol. The number of hydrogen-bond donors (Lipinski definition) is 1. The van der Waals surface area contributed by atoms with Gasteiger partial charge >= 0.3 is 0 Å². The van der Waals surface area contributed by atoms with Crippen LogP contribution in [0.4, 0.5) is 0 Å². The van der Waals surface area contributed by atoms with Crippen molar-refractivity contribution in [3.8, 4) is 0 Å². The largest absolute Gasteiger partial charge is 0.327 e. The summed E-state index contributed by atoms with van der Waals surface area (Å²) >= 11 is 0. The molecule has 0 spiro atoms. The molecule has 1 aromatic rings. The zero-order valence-electron chi connectivity index (χ0n) is 10.9. The van der Waals surface area contributed by atoms with Gasteiger partial charge in [0, 0.05) is 6.04 Å². The van der Waals surface area contributed by atoms with E-state index in [9.17, 15) is 0 Å². The standard InChI is InChI=1S/C15H25N/c1-4-13-8-10-14(11-9-13)6-5-7-15(16)12(2)3/h8-12,15H,4-7,16H2,1-3H3. The van der Waals surface area contributed by atoms with Crippen LogP contribution < -0.4 is 5.73 Å². The third-order valence-corrected chi connectivity index (χ3v) is 3.29. The molecule has 2 N–H and O–H groups in total. The lowest BCUT2D eigenvalue weighted by atomic mass is 9.97. The average Bonchev–Trinajstić information content (AvgIpc) is 2.29. The van der Waals surface area contributed by atoms with Crippen LogP contribution >= 0.6 is 0 Å². The second-order valence-electron chi connectivity index (χ2n) is 4.97. The van der Waals surface area contributed by atoms with E-state index in [0.717, 1.165) is 19.3 Å². The molecule has 0 heterocycles. The summed E-state index contributed by atoms with van der Waals surface area (Å²) in [5.74, 6) is 0.600. The highest BCUT2D eigenvalue weighted by Gasteiger charge is 2.06. The molecule has 0 bridgehead atoms. The van der Waals surface area contributed by atoms with Crippen LogP contribution in [-0.2, 0) is 12.8 Å². The molecule has 0 radical (unpaired) electrons. The van der Waals surface area contributed by atoms with Gasteiger partial charge in [-0.05, 0) is 42.7 Å². The Kier molecular flexibility index (Phi) is 5.54. The molecule has 1 aromatic carbocycles. The van der Waals surface area contributed by atoms with Gasteiger partial charge in [-0.15, -0.1) is 0 Å². The quantitative estimate of drug-likeness (QED) is 0.778. The van der Waals surface area contributed by atoms with Crippen LogP contribution in [0, 0.1) is 5.92 Å². The smallest absolute Gasteiger partial charge is 0.00620 e. The minimum Gasteiger partial charge on any atom is -0.327 e. The summed E-state index contributed by atoms with van der Waals surface area (Å²) in [6, 6.07) is 9.32. The molecule has 1 rings (SSSR count). The van der Waals surface area contributed by atoms with Crippen LogP contribution in [-0.4, -0.2) is 6.04 Å². The van der Waals surface area contributed by atoms with E-state index < -0.39 is 0 Å². The summed E-state index contributed by atoms with van der Waals surface area (Å²) < 4.78 is 0. The van der Waals surface area contributed by atoms with Crippen molar-refractivity contribution in [3.63, 3.8) is 0 Å². The summed E-state index contributed by atoms with van der Waals surface area (Å²) in [5, 5.41) is 0. The van der Waals surface area contributed by atoms with Crippen LogP contribution in [0.5, 0.6) is 0 Å². The molecule has 0 aromatic heterocycles. The second-order valence-corrected chi connectivity index (χ2v) is 4.97. The van der Waals surface area contributed by atoms with Gasteiger partial charge in [-0.3, -0.25) is 0 Å². The highest BCUT2D eigenvalue weighted by molar-refractivity contribution is 5.22. The number of benzene rings is 1. The van der Waals surface area contributed by atoms with E-state index in [2.05, 4.69) is 45.0 Å². The maximum atomic E-state index is 6.03. The Morgan fingerprint density at radius 2 is 1.62 bits per heavy atom. The van der Waals surface area contributed by atoms with Gasteiger partial charge in [-0.25, -0.2) is 0 Å². The maximum Gasteiger partial charge on any atom is 0.00620 e. The van der Waals surface area contributed by atoms with Gasteiger partial charge in [0.05, 0.1) is 0 Å². The van der Waals surface area contributed by atoms with Crippen molar-refractivity contribution in [1.82, 2.24) is 0 Å². The number of aryl methyl sites for hydroxylation is 2. The fourth-order valence-corrected chi connectivity index (χ4v) is 1.82. The van der Waals surface area contributed by atoms with Crippen LogP contribution in [0.15, 0.2) is 24.3 Å². The van der Waals surface area contributed by atoms with E-state index in [1.807, 2.05) is 0 Å². The third kappa shape index (κ3) is 4.36. The lowest BCUT2D eigenvalue weighted by molar-refractivity contribution is 0.452. The summed E-state index contributed by atoms with van der Waals surface area (Å²) in [4.78, 5) is 0. The molecule has 0 saturated carbocycles. The summed E-state index contributed by atoms with van der Waals surface area (Å²) in [6.45, 7) is 6.58. The Bertz CT molecular complexity index is 287. The number of hydrogen-bond acceptors (Lipinski definition) is 1. The molecule has 90 valence electrons. The van der Waals surface area contributed by atoms with Crippen LogP contribution in [0.1, 0.15) is 44.7 Å². The first-order valence-corrected chi connectivity index (χ1v) is 6.47. The Balaban J connectivity index is 2.31. The molecule has 0 aliphatic carbocycles. The second kappa shape index (κ2) is 6.70. The van der Waals surface area contributed by atoms with Gasteiger partial charge in [0.1, 0.15) is 0 Å². The molecule has 0 fully saturated rings. The van der Waals surface area contributed by atoms with Crippen LogP contribution in [0.3, 0.4) is 0 Å². The molecule has 1 nitrogen and oxygen atoms in total. The fraction of sp³-hybridized carbons (Fsp3) is 0.600. The van der Waals surface area contributed by atoms with Gasteiger partial charge in [-0.1, -0.05) is 45.0 Å². The first-order chi connectivity index (χ1) is 7.63. The van der Waals surface area contributed by atoms with Gasteiger partial charge in [0.2, 0.25) is 0 Å². The minimum absolute atomic E-state index is 0.356. The van der Waals surface area contributed by atoms with Gasteiger partial charge in [-0.2, -0.15) is 0 Å². The fourth-order valence-electron chi connectivity index (χ4n) is 1.82. The Morgan fingerprint density at radius 3 is 2.12 bits per heavy atom. The van der Waals surface area contributed by atoms with Crippen molar-refractivity contribution in [2.24, 2.45) is 11.7 Å². The Morgan fingerprint density at radius 1 is 1.06 bits per heavy atom. The normalized spacial score (nSPS) is 13.1. The lowest BCUT2D eigenvalue weighted by Crippen LogP contribution is -2.26. The third-order valence-electron chi connectivity index (χ3n) is 3.29. The molecule has 16 heavy (non-hydrogen) atoms. The van der Waals surface area contributed by atoms with Gasteiger partial charge in [0.15, 0.2) is 0 Å². The maximum absolute atomic E-state index is 6.03. The number of nitrogens with two attached hydrogens (primary N) is 1. The predicted molar refractivity (Wildman–Crippen MR) is 71.6 cm³/mol. The van der Waals surface area contributed by atoms with Crippen LogP contribution in [0.2, 0.25) is 0 Å². The zero-order valence-corrected chi connectivity index (χ0v) is 10.9. The van der Waals surface area contributed by atoms with Gasteiger partial charge < -0.3 is 5.73 Å². The van der Waals surface area contributed by atoms with E-state index in [1.54, 1.807) is 0 Å². The van der Waals surface area contributed by atoms with E-state index >= 15 is 0 Å². The molecular formula is C15H25N. The summed E-state index contributed by atoms with van der Waals surface area (Å²) in [5.41, 5.74) is 8.88. The molecule has 1 atom stereocenters. The van der Waals surface area contributed by atoms with Crippen LogP contribution in [0.25, 0.3) is 0 Å². The van der Waals surface area contributed by atoms with Crippen molar-refractivity contribution < 1.29 is 0 Å². The van der Waals surface area contributed by atoms with Crippen molar-refractivity contribution >= 4 is 0 Å². The molecule has 0 aliphatic heterocycles. The topological polar surface area (TPSA) is 26.0 Å². The Labute approximate surface area is 100 Å². The minimum atomic E-state index is 0.356. The first kappa shape index (κ1) is 13.2. The predicted octanol–water partition coefficient (Wildman–Crippen LogP) is 3.56. The van der Waals surface area contributed by atoms with Crippen molar-refractivity contribution in [2.75, 3.05) is 0 Å². The molecule has 1 heteroatoms. The molecular weight excluding hydrogens is 194 g/mol. The van der Waals surface area contributed by atoms with Crippen molar-refractivity contribution in [3.05, 3.63) is 35.4 Å². The molecule has 0 aliphatic rings. The summed E-state index contributed by atoms with van der Waals surface area (Å²) in [7, 11) is 0. The highest BCUT2D eigenvalue weighted by atomic mass is 14.6. The SMILES string of the molecule is CCc1ccc(CCCC(N)C(C)C)cc1. The van der Waals surface area contributed by atoms with E-state index in [1.165, 1.54) is 17.5 Å². The molecule has 1 unspecified atom stereocenters. The number of rotatable bonds is 6. The van der Waals surface area contributed by atoms with E-state index in [-0.39, 0.29) is 0 Å². The van der Waals surface area contributed by atoms with E-state index in [0.29, 0.717) is 12.0 Å². The monoisotopic (exact) mass is 219 g/mol. The Hall–Kier alpha value is -0.820. The first-order valence-electron chi connectivity index (χ1n) is 6.47. The van der Waals surface area contributed by atoms with Gasteiger partial charge in [0.25, 0.3) is 0 Å². The zero-order chi connectivity index (χ0) is 12.0. The van der Waals surface area contributed by atoms with Crippen molar-refractivity contribution in [2.45, 2.75) is 52.5 Å². The molecule has 0 saturated heterocycles. The highest BCUT2D eigenvalue weighted by Crippen LogP contribution is 2.11. The molecule has 0 amide bonds. The summed E-state index contributed by atoms with van der Waals surface area (Å²) in [6.07, 6.45) is 4.61.